The van der Waals surface area contributed by atoms with E-state index in [2.05, 4.69) is 52.7 Å². The summed E-state index contributed by atoms with van der Waals surface area (Å²) in [5.74, 6) is 2.21. The van der Waals surface area contributed by atoms with Crippen molar-refractivity contribution in [1.82, 2.24) is 19.7 Å². The first-order chi connectivity index (χ1) is 21.4. The molecule has 2 aromatic heterocycles. The highest BCUT2D eigenvalue weighted by Gasteiger charge is 2.28. The molecule has 0 amide bonds. The molecule has 44 heavy (non-hydrogen) atoms. The number of hydrogen-bond acceptors (Lipinski definition) is 7. The van der Waals surface area contributed by atoms with Crippen LogP contribution in [0, 0.1) is 11.8 Å². The first kappa shape index (κ1) is 29.6. The average molecular weight is 592 g/mol. The minimum absolute atomic E-state index is 0.164. The maximum absolute atomic E-state index is 12.2. The summed E-state index contributed by atoms with van der Waals surface area (Å²) in [6.07, 6.45) is 3.15. The van der Waals surface area contributed by atoms with E-state index >= 15 is 0 Å². The Morgan fingerprint density at radius 2 is 1.86 bits per heavy atom. The Morgan fingerprint density at radius 3 is 2.68 bits per heavy atom. The van der Waals surface area contributed by atoms with Gasteiger partial charge in [-0.1, -0.05) is 56.3 Å². The van der Waals surface area contributed by atoms with Crippen LogP contribution >= 0.6 is 0 Å². The van der Waals surface area contributed by atoms with Crippen LogP contribution in [0.25, 0.3) is 32.8 Å². The fourth-order valence-electron chi connectivity index (χ4n) is 6.11. The molecular formula is C36H41N5O3. The molecule has 0 spiro atoms. The number of hydrogen-bond donors (Lipinski definition) is 1. The molecule has 1 aliphatic heterocycles. The number of benzene rings is 3. The number of esters is 1. The number of carbonyl (C=O) groups excluding carboxylic acids is 1. The molecule has 0 atom stereocenters. The smallest absolute Gasteiger partial charge is 0.310 e. The number of aromatic nitrogens is 3. The molecule has 0 aliphatic carbocycles. The molecule has 1 fully saturated rings. The highest BCUT2D eigenvalue weighted by molar-refractivity contribution is 6.02. The quantitative estimate of drug-likeness (QED) is 0.166. The zero-order valence-corrected chi connectivity index (χ0v) is 25.8. The number of nitrogens with two attached hydrogens (primary N) is 1. The molecule has 0 bridgehead atoms. The van der Waals surface area contributed by atoms with Gasteiger partial charge in [0.25, 0.3) is 0 Å². The first-order valence-electron chi connectivity index (χ1n) is 15.6. The van der Waals surface area contributed by atoms with Crippen molar-refractivity contribution in [3.8, 4) is 16.9 Å². The SMILES string of the molecule is CCOC(=O)Cc1ccccc1OCc1nn(CC2CN(CCC(C)C)C2)c2ccc(-c3cccc4c(N)nccc34)cc12. The minimum atomic E-state index is -0.267. The topological polar surface area (TPSA) is 95.5 Å². The number of nitrogens with zero attached hydrogens (tertiary/aromatic N) is 4. The van der Waals surface area contributed by atoms with Gasteiger partial charge in [0.05, 0.1) is 18.5 Å². The van der Waals surface area contributed by atoms with Crippen molar-refractivity contribution in [3.05, 3.63) is 84.2 Å². The number of carbonyl (C=O) groups is 1. The van der Waals surface area contributed by atoms with Crippen LogP contribution in [-0.4, -0.2) is 51.9 Å². The number of anilines is 1. The minimum Gasteiger partial charge on any atom is -0.487 e. The Kier molecular flexibility index (Phi) is 8.79. The van der Waals surface area contributed by atoms with Gasteiger partial charge in [-0.2, -0.15) is 5.10 Å². The predicted octanol–water partition coefficient (Wildman–Crippen LogP) is 6.50. The standard InChI is InChI=1S/C36H41N5O3/c1-4-43-35(42)19-27-8-5-6-11-34(27)44-23-32-31-18-26(28-9-7-10-30-29(28)14-16-38-36(30)37)12-13-33(31)41(39-32)22-25-20-40(21-25)17-15-24(2)3/h5-14,16,18,24-25H,4,15,17,19-23H2,1-3H3,(H2,37,38). The lowest BCUT2D eigenvalue weighted by Crippen LogP contribution is -2.48. The molecule has 8 heteroatoms. The van der Waals surface area contributed by atoms with Gasteiger partial charge in [-0.25, -0.2) is 4.98 Å². The third kappa shape index (κ3) is 6.40. The second-order valence-corrected chi connectivity index (χ2v) is 12.1. The van der Waals surface area contributed by atoms with E-state index in [-0.39, 0.29) is 19.0 Å². The Hall–Kier alpha value is -4.43. The number of rotatable bonds is 12. The maximum atomic E-state index is 12.2. The lowest BCUT2D eigenvalue weighted by Gasteiger charge is -2.39. The van der Waals surface area contributed by atoms with Crippen molar-refractivity contribution in [1.29, 1.82) is 0 Å². The largest absolute Gasteiger partial charge is 0.487 e. The van der Waals surface area contributed by atoms with E-state index in [9.17, 15) is 4.79 Å². The van der Waals surface area contributed by atoms with Crippen LogP contribution in [0.4, 0.5) is 5.82 Å². The highest BCUT2D eigenvalue weighted by atomic mass is 16.5. The monoisotopic (exact) mass is 591 g/mol. The van der Waals surface area contributed by atoms with E-state index in [1.807, 2.05) is 49.4 Å². The number of likely N-dealkylation sites (tertiary alicyclic amines) is 1. The first-order valence-corrected chi connectivity index (χ1v) is 15.6. The zero-order valence-electron chi connectivity index (χ0n) is 25.8. The van der Waals surface area contributed by atoms with E-state index < -0.39 is 0 Å². The Morgan fingerprint density at radius 1 is 1.02 bits per heavy atom. The van der Waals surface area contributed by atoms with E-state index in [0.717, 1.165) is 76.2 Å². The predicted molar refractivity (Wildman–Crippen MR) is 175 cm³/mol. The molecule has 1 aliphatic rings. The molecule has 3 heterocycles. The van der Waals surface area contributed by atoms with Crippen LogP contribution in [0.3, 0.4) is 0 Å². The third-order valence-electron chi connectivity index (χ3n) is 8.44. The van der Waals surface area contributed by atoms with Crippen molar-refractivity contribution in [2.75, 3.05) is 32.0 Å². The number of fused-ring (bicyclic) bond motifs is 2. The number of nitrogen functional groups attached to an aromatic ring is 1. The van der Waals surface area contributed by atoms with Crippen LogP contribution in [0.1, 0.15) is 38.4 Å². The van der Waals surface area contributed by atoms with E-state index in [4.69, 9.17) is 20.3 Å². The van der Waals surface area contributed by atoms with Gasteiger partial charge in [0.15, 0.2) is 0 Å². The van der Waals surface area contributed by atoms with Crippen LogP contribution < -0.4 is 10.5 Å². The zero-order chi connectivity index (χ0) is 30.6. The van der Waals surface area contributed by atoms with Crippen molar-refractivity contribution in [2.45, 2.75) is 46.8 Å². The van der Waals surface area contributed by atoms with E-state index in [1.165, 1.54) is 6.42 Å². The normalized spacial score (nSPS) is 13.9. The highest BCUT2D eigenvalue weighted by Crippen LogP contribution is 2.34. The van der Waals surface area contributed by atoms with Crippen LogP contribution in [-0.2, 0) is 29.1 Å². The summed E-state index contributed by atoms with van der Waals surface area (Å²) < 4.78 is 13.7. The Balaban J connectivity index is 1.31. The second-order valence-electron chi connectivity index (χ2n) is 12.1. The fraction of sp³-hybridized carbons (Fsp3) is 0.361. The molecule has 0 radical (unpaired) electrons. The Labute approximate surface area is 258 Å². The summed E-state index contributed by atoms with van der Waals surface area (Å²) in [6, 6.07) is 22.4. The van der Waals surface area contributed by atoms with Gasteiger partial charge >= 0.3 is 5.97 Å². The number of ether oxygens (including phenoxy) is 2. The molecule has 3 aromatic carbocycles. The van der Waals surface area contributed by atoms with Crippen molar-refractivity contribution < 1.29 is 14.3 Å². The van der Waals surface area contributed by atoms with Crippen LogP contribution in [0.2, 0.25) is 0 Å². The average Bonchev–Trinajstić information content (AvgIpc) is 3.34. The van der Waals surface area contributed by atoms with Crippen molar-refractivity contribution >= 4 is 33.5 Å². The van der Waals surface area contributed by atoms with Gasteiger partial charge in [0.2, 0.25) is 0 Å². The Bertz CT molecular complexity index is 1770. The molecule has 228 valence electrons. The molecule has 1 saturated heterocycles. The third-order valence-corrected chi connectivity index (χ3v) is 8.44. The molecule has 5 aromatic rings. The van der Waals surface area contributed by atoms with Gasteiger partial charge in [0, 0.05) is 48.1 Å². The number of para-hydroxylation sites is 1. The van der Waals surface area contributed by atoms with Gasteiger partial charge < -0.3 is 20.1 Å². The lowest BCUT2D eigenvalue weighted by molar-refractivity contribution is -0.142. The van der Waals surface area contributed by atoms with Crippen molar-refractivity contribution in [2.24, 2.45) is 11.8 Å². The maximum Gasteiger partial charge on any atom is 0.310 e. The van der Waals surface area contributed by atoms with Crippen LogP contribution in [0.15, 0.2) is 72.9 Å². The summed E-state index contributed by atoms with van der Waals surface area (Å²) >= 11 is 0. The van der Waals surface area contributed by atoms with Gasteiger partial charge in [0.1, 0.15) is 23.9 Å². The van der Waals surface area contributed by atoms with Crippen LogP contribution in [0.5, 0.6) is 5.75 Å². The summed E-state index contributed by atoms with van der Waals surface area (Å²) in [7, 11) is 0. The van der Waals surface area contributed by atoms with Gasteiger partial charge in [-0.3, -0.25) is 9.48 Å². The fourth-order valence-corrected chi connectivity index (χ4v) is 6.11. The lowest BCUT2D eigenvalue weighted by atomic mass is 9.97. The summed E-state index contributed by atoms with van der Waals surface area (Å²) in [6.45, 7) is 11.2. The van der Waals surface area contributed by atoms with Crippen molar-refractivity contribution in [3.63, 3.8) is 0 Å². The molecule has 8 nitrogen and oxygen atoms in total. The molecule has 0 saturated carbocycles. The molecule has 2 N–H and O–H groups in total. The second kappa shape index (κ2) is 13.1. The van der Waals surface area contributed by atoms with E-state index in [0.29, 0.717) is 24.1 Å². The summed E-state index contributed by atoms with van der Waals surface area (Å²) in [5.41, 5.74) is 11.1. The van der Waals surface area contributed by atoms with Gasteiger partial charge in [-0.15, -0.1) is 0 Å². The number of pyridine rings is 1. The molecular weight excluding hydrogens is 550 g/mol. The summed E-state index contributed by atoms with van der Waals surface area (Å²) in [4.78, 5) is 19.1. The van der Waals surface area contributed by atoms with E-state index in [1.54, 1.807) is 6.20 Å². The summed E-state index contributed by atoms with van der Waals surface area (Å²) in [5, 5.41) is 8.17. The molecule has 0 unspecified atom stereocenters. The molecule has 6 rings (SSSR count). The van der Waals surface area contributed by atoms with Gasteiger partial charge in [-0.05, 0) is 66.6 Å².